The highest BCUT2D eigenvalue weighted by Crippen LogP contribution is 2.54. The van der Waals surface area contributed by atoms with E-state index in [0.29, 0.717) is 74.2 Å². The number of ether oxygens (including phenoxy) is 3. The van der Waals surface area contributed by atoms with Crippen molar-refractivity contribution < 1.29 is 46.2 Å². The van der Waals surface area contributed by atoms with Gasteiger partial charge in [-0.15, -0.1) is 0 Å². The lowest BCUT2D eigenvalue weighted by atomic mass is 9.59. The number of rotatable bonds is 11. The molecule has 5 aliphatic heterocycles. The number of piperazine rings is 1. The predicted octanol–water partition coefficient (Wildman–Crippen LogP) is 9.29. The Morgan fingerprint density at radius 2 is 1.73 bits per heavy atom. The molecule has 4 N–H and O–H groups in total. The van der Waals surface area contributed by atoms with Gasteiger partial charge in [0, 0.05) is 87.4 Å². The van der Waals surface area contributed by atoms with Gasteiger partial charge in [-0.25, -0.2) is 21.9 Å². The van der Waals surface area contributed by atoms with E-state index in [2.05, 4.69) is 60.9 Å². The van der Waals surface area contributed by atoms with E-state index in [1.807, 2.05) is 29.2 Å². The third-order valence-corrected chi connectivity index (χ3v) is 20.1. The summed E-state index contributed by atoms with van der Waals surface area (Å²) in [4.78, 5) is 43.8. The van der Waals surface area contributed by atoms with Crippen molar-refractivity contribution in [3.63, 3.8) is 0 Å². The minimum atomic E-state index is -4.75. The zero-order chi connectivity index (χ0) is 56.0. The molecule has 2 aromatic heterocycles. The minimum absolute atomic E-state index is 0.00937. The van der Waals surface area contributed by atoms with Crippen LogP contribution >= 0.6 is 0 Å². The van der Waals surface area contributed by atoms with E-state index in [9.17, 15) is 37.2 Å². The number of pyridine rings is 1. The average molecular weight is 1130 g/mol. The topological polar surface area (TPSA) is 208 Å². The van der Waals surface area contributed by atoms with Crippen LogP contribution in [0.3, 0.4) is 0 Å². The van der Waals surface area contributed by atoms with Crippen LogP contribution < -0.4 is 29.3 Å². The summed E-state index contributed by atoms with van der Waals surface area (Å²) in [5.41, 5.74) is 4.83. The number of carbonyl (C=O) groups is 1. The number of H-pyrrole nitrogens is 1. The lowest BCUT2D eigenvalue weighted by Gasteiger charge is -2.58. The molecule has 13 rings (SSSR count). The van der Waals surface area contributed by atoms with Gasteiger partial charge in [0.1, 0.15) is 24.0 Å². The molecule has 426 valence electrons. The number of anilines is 4. The maximum absolute atomic E-state index is 14.9. The molecule has 0 bridgehead atoms. The fourth-order valence-electron chi connectivity index (χ4n) is 14.1. The third kappa shape index (κ3) is 10.2. The molecule has 7 aliphatic rings. The van der Waals surface area contributed by atoms with Crippen molar-refractivity contribution >= 4 is 55.4 Å². The van der Waals surface area contributed by atoms with Crippen molar-refractivity contribution in [2.75, 3.05) is 67.7 Å². The van der Waals surface area contributed by atoms with Gasteiger partial charge in [-0.2, -0.15) is 4.98 Å². The molecule has 2 saturated carbocycles. The van der Waals surface area contributed by atoms with Gasteiger partial charge in [0.15, 0.2) is 23.1 Å². The van der Waals surface area contributed by atoms with Gasteiger partial charge in [-0.05, 0) is 142 Å². The quantitative estimate of drug-likeness (QED) is 0.0704. The standard InChI is InChI=1S/C60H67F2N9O9S/c1-36-5-3-4-6-43(36)52-33-67(32-37-7-10-45(61)46(62)25-37)22-23-69(52)41-30-60(31-41)17-20-68(21-18-60)40-8-9-44(49(27-40)70-48-14-24-78-35-54(48)80-58-51(70)26-39-13-19-63-56(39)65-58)57(72)66-81(76,77)42-28-50(71(74)75)55-53(29-42)79-34-47(64-55)38-11-15-59(2,73)16-12-38/h3-10,13,19,25-29,38,41,47-48,52,54,64,73H,11-12,14-18,20-24,30-35H2,1-2H3,(H,63,65)(H,66,72)/t38?,47-,48-,52-,54-,59?/m0/s1. The second-order valence-corrected chi connectivity index (χ2v) is 25.6. The van der Waals surface area contributed by atoms with Crippen molar-refractivity contribution in [2.24, 2.45) is 11.3 Å². The Morgan fingerprint density at radius 3 is 2.51 bits per heavy atom. The number of carbonyl (C=O) groups excluding carboxylic acids is 1. The number of amides is 1. The fourth-order valence-corrected chi connectivity index (χ4v) is 15.1. The van der Waals surface area contributed by atoms with Crippen LogP contribution in [0.4, 0.5) is 37.2 Å². The first-order valence-corrected chi connectivity index (χ1v) is 29.9. The molecular weight excluding hydrogens is 1060 g/mol. The highest BCUT2D eigenvalue weighted by atomic mass is 32.2. The van der Waals surface area contributed by atoms with Gasteiger partial charge >= 0.3 is 0 Å². The monoisotopic (exact) mass is 1130 g/mol. The minimum Gasteiger partial charge on any atom is -0.489 e. The Morgan fingerprint density at radius 1 is 0.926 bits per heavy atom. The number of aromatic nitrogens is 2. The second kappa shape index (κ2) is 20.8. The summed E-state index contributed by atoms with van der Waals surface area (Å²) < 4.78 is 77.8. The summed E-state index contributed by atoms with van der Waals surface area (Å²) in [6.45, 7) is 9.30. The van der Waals surface area contributed by atoms with Crippen LogP contribution in [0, 0.1) is 40.0 Å². The SMILES string of the molecule is Cc1ccccc1[C@@H]1CN(Cc2ccc(F)c(F)c2)CCN1C1CC2(CCN(c3ccc(C(=O)NS(=O)(=O)c4cc5c(c([N+](=O)[O-])c4)N[C@H](C4CCC(C)(O)CC4)CO5)c(N4c5cc6cc[nH]c6nc5O[C@H]5COCC[C@@H]54)c3)CC2)C1. The van der Waals surface area contributed by atoms with Crippen molar-refractivity contribution in [2.45, 2.75) is 119 Å². The number of aromatic amines is 1. The summed E-state index contributed by atoms with van der Waals surface area (Å²) in [5.74, 6) is -2.19. The van der Waals surface area contributed by atoms with Crippen LogP contribution in [0.25, 0.3) is 11.0 Å². The molecule has 18 nitrogen and oxygen atoms in total. The molecule has 81 heavy (non-hydrogen) atoms. The fraction of sp³-hybridized carbons (Fsp3) is 0.467. The summed E-state index contributed by atoms with van der Waals surface area (Å²) >= 11 is 0. The summed E-state index contributed by atoms with van der Waals surface area (Å²) in [5, 5.41) is 27.3. The average Bonchev–Trinajstić information content (AvgIpc) is 4.09. The summed E-state index contributed by atoms with van der Waals surface area (Å²) in [6.07, 6.45) is 8.45. The molecule has 0 unspecified atom stereocenters. The summed E-state index contributed by atoms with van der Waals surface area (Å²) in [6, 6.07) is 24.2. The Balaban J connectivity index is 0.767. The van der Waals surface area contributed by atoms with E-state index in [4.69, 9.17) is 19.2 Å². The Bertz CT molecular complexity index is 3540. The smallest absolute Gasteiger partial charge is 0.297 e. The highest BCUT2D eigenvalue weighted by molar-refractivity contribution is 7.90. The van der Waals surface area contributed by atoms with Crippen LogP contribution in [0.2, 0.25) is 0 Å². The molecule has 1 spiro atoms. The number of nitro benzene ring substituents is 1. The van der Waals surface area contributed by atoms with Gasteiger partial charge in [-0.1, -0.05) is 30.3 Å². The van der Waals surface area contributed by atoms with Gasteiger partial charge in [-0.3, -0.25) is 24.7 Å². The van der Waals surface area contributed by atoms with Crippen molar-refractivity contribution in [1.29, 1.82) is 0 Å². The molecule has 6 aromatic rings. The molecule has 4 aromatic carbocycles. The van der Waals surface area contributed by atoms with Crippen molar-refractivity contribution in [3.8, 4) is 11.6 Å². The molecular formula is C60H67F2N9O9S. The van der Waals surface area contributed by atoms with E-state index < -0.39 is 54.8 Å². The first-order chi connectivity index (χ1) is 39.0. The number of benzene rings is 4. The largest absolute Gasteiger partial charge is 0.489 e. The number of aliphatic hydroxyl groups is 1. The first kappa shape index (κ1) is 53.4. The number of hydrogen-bond donors (Lipinski definition) is 4. The van der Waals surface area contributed by atoms with Crippen LogP contribution in [0.1, 0.15) is 97.8 Å². The molecule has 3 saturated heterocycles. The maximum Gasteiger partial charge on any atom is 0.297 e. The van der Waals surface area contributed by atoms with E-state index in [0.717, 1.165) is 81.1 Å². The maximum atomic E-state index is 14.9. The zero-order valence-corrected chi connectivity index (χ0v) is 46.2. The van der Waals surface area contributed by atoms with E-state index in [1.165, 1.54) is 29.3 Å². The first-order valence-electron chi connectivity index (χ1n) is 28.4. The Kier molecular flexibility index (Phi) is 13.7. The molecule has 1 amide bonds. The lowest BCUT2D eigenvalue weighted by Crippen LogP contribution is -2.59. The number of sulfonamides is 1. The summed E-state index contributed by atoms with van der Waals surface area (Å²) in [7, 11) is -4.75. The second-order valence-electron chi connectivity index (χ2n) is 23.9. The number of nitrogens with zero attached hydrogens (tertiary/aromatic N) is 6. The number of nitrogens with one attached hydrogen (secondary N) is 3. The molecule has 4 atom stereocenters. The Hall–Kier alpha value is -6.91. The van der Waals surface area contributed by atoms with Gasteiger partial charge < -0.3 is 39.4 Å². The molecule has 7 heterocycles. The molecule has 0 radical (unpaired) electrons. The number of fused-ring (bicyclic) bond motifs is 4. The number of hydrogen-bond acceptors (Lipinski definition) is 15. The third-order valence-electron chi connectivity index (χ3n) is 18.7. The number of piperidine rings is 1. The van der Waals surface area contributed by atoms with Crippen LogP contribution in [0.5, 0.6) is 11.6 Å². The van der Waals surface area contributed by atoms with Gasteiger partial charge in [0.2, 0.25) is 5.88 Å². The molecule has 2 aliphatic carbocycles. The Labute approximate surface area is 468 Å². The van der Waals surface area contributed by atoms with E-state index in [-0.39, 0.29) is 59.7 Å². The van der Waals surface area contributed by atoms with E-state index >= 15 is 0 Å². The van der Waals surface area contributed by atoms with Crippen molar-refractivity contribution in [3.05, 3.63) is 135 Å². The van der Waals surface area contributed by atoms with E-state index in [1.54, 1.807) is 25.3 Å². The predicted molar refractivity (Wildman–Crippen MR) is 301 cm³/mol. The highest BCUT2D eigenvalue weighted by Gasteiger charge is 2.51. The van der Waals surface area contributed by atoms with Crippen LogP contribution in [-0.4, -0.2) is 126 Å². The molecule has 21 heteroatoms. The van der Waals surface area contributed by atoms with Crippen molar-refractivity contribution in [1.82, 2.24) is 24.5 Å². The number of halogens is 2. The lowest BCUT2D eigenvalue weighted by molar-refractivity contribution is -0.384. The van der Waals surface area contributed by atoms with Gasteiger partial charge in [0.25, 0.3) is 21.6 Å². The van der Waals surface area contributed by atoms with Crippen LogP contribution in [-0.2, 0) is 21.3 Å². The van der Waals surface area contributed by atoms with Crippen LogP contribution in [0.15, 0.2) is 96.0 Å². The number of nitro groups is 1. The molecule has 5 fully saturated rings. The zero-order valence-electron chi connectivity index (χ0n) is 45.4. The van der Waals surface area contributed by atoms with Gasteiger partial charge in [0.05, 0.1) is 45.4 Å². The number of aryl methyl sites for hydroxylation is 1. The normalized spacial score (nSPS) is 25.9.